The molecule has 1 unspecified atom stereocenters. The van der Waals surface area contributed by atoms with Crippen LogP contribution in [0.15, 0.2) is 35.6 Å². The van der Waals surface area contributed by atoms with Crippen LogP contribution in [0.2, 0.25) is 0 Å². The molecule has 1 heterocycles. The molecule has 0 amide bonds. The van der Waals surface area contributed by atoms with Crippen molar-refractivity contribution >= 4 is 11.9 Å². The SMILES string of the molecule is COc1ccc(C2(OC(C)=O)OC(=O)C(C(F)(F)F)=C2OC(C)C)cc1. The van der Waals surface area contributed by atoms with Crippen LogP contribution in [0.1, 0.15) is 26.3 Å². The van der Waals surface area contributed by atoms with Gasteiger partial charge in [0.15, 0.2) is 5.57 Å². The van der Waals surface area contributed by atoms with Gasteiger partial charge in [-0.05, 0) is 38.1 Å². The van der Waals surface area contributed by atoms with E-state index in [0.29, 0.717) is 5.75 Å². The Morgan fingerprint density at radius 2 is 1.77 bits per heavy atom. The molecule has 1 aliphatic rings. The van der Waals surface area contributed by atoms with Crippen molar-refractivity contribution in [3.63, 3.8) is 0 Å². The van der Waals surface area contributed by atoms with E-state index < -0.39 is 41.3 Å². The second-order valence-corrected chi connectivity index (χ2v) is 5.70. The highest BCUT2D eigenvalue weighted by Crippen LogP contribution is 2.48. The number of esters is 2. The molecule has 0 saturated heterocycles. The van der Waals surface area contributed by atoms with Crippen molar-refractivity contribution in [2.45, 2.75) is 38.8 Å². The summed E-state index contributed by atoms with van der Waals surface area (Å²) in [6.45, 7) is 3.92. The number of hydrogen-bond acceptors (Lipinski definition) is 6. The molecule has 0 bridgehead atoms. The Labute approximate surface area is 147 Å². The molecule has 2 rings (SSSR count). The van der Waals surface area contributed by atoms with E-state index in [1.807, 2.05) is 0 Å². The Morgan fingerprint density at radius 3 is 2.19 bits per heavy atom. The summed E-state index contributed by atoms with van der Waals surface area (Å²) >= 11 is 0. The average molecular weight is 374 g/mol. The summed E-state index contributed by atoms with van der Waals surface area (Å²) in [6.07, 6.45) is -5.81. The second kappa shape index (κ2) is 6.89. The zero-order valence-corrected chi connectivity index (χ0v) is 14.5. The van der Waals surface area contributed by atoms with E-state index in [2.05, 4.69) is 0 Å². The van der Waals surface area contributed by atoms with Crippen LogP contribution in [0.4, 0.5) is 13.2 Å². The van der Waals surface area contributed by atoms with Gasteiger partial charge in [-0.25, -0.2) is 4.79 Å². The first-order valence-corrected chi connectivity index (χ1v) is 7.57. The molecule has 1 aromatic carbocycles. The summed E-state index contributed by atoms with van der Waals surface area (Å²) in [5.74, 6) is -5.62. The fourth-order valence-electron chi connectivity index (χ4n) is 2.43. The van der Waals surface area contributed by atoms with Crippen LogP contribution in [-0.2, 0) is 29.6 Å². The number of alkyl halides is 3. The third kappa shape index (κ3) is 3.61. The smallest absolute Gasteiger partial charge is 0.427 e. The number of ether oxygens (including phenoxy) is 4. The molecule has 9 heteroatoms. The lowest BCUT2D eigenvalue weighted by molar-refractivity contribution is -0.221. The quantitative estimate of drug-likeness (QED) is 0.737. The molecule has 0 aromatic heterocycles. The Balaban J connectivity index is 2.74. The van der Waals surface area contributed by atoms with E-state index in [0.717, 1.165) is 6.92 Å². The number of carbonyl (C=O) groups is 2. The van der Waals surface area contributed by atoms with Crippen LogP contribution in [-0.4, -0.2) is 31.3 Å². The van der Waals surface area contributed by atoms with Crippen molar-refractivity contribution < 1.29 is 41.7 Å². The summed E-state index contributed by atoms with van der Waals surface area (Å²) in [7, 11) is 1.40. The maximum Gasteiger partial charge on any atom is 0.427 e. The van der Waals surface area contributed by atoms with Gasteiger partial charge in [0.05, 0.1) is 13.2 Å². The van der Waals surface area contributed by atoms with E-state index in [9.17, 15) is 22.8 Å². The van der Waals surface area contributed by atoms with E-state index in [1.165, 1.54) is 45.2 Å². The predicted molar refractivity (Wildman–Crippen MR) is 81.8 cm³/mol. The summed E-state index contributed by atoms with van der Waals surface area (Å²) in [6, 6.07) is 5.48. The number of carbonyl (C=O) groups excluding carboxylic acids is 2. The molecule has 0 spiro atoms. The van der Waals surface area contributed by atoms with E-state index in [4.69, 9.17) is 18.9 Å². The lowest BCUT2D eigenvalue weighted by Crippen LogP contribution is -2.36. The Kier molecular flexibility index (Phi) is 5.20. The predicted octanol–water partition coefficient (Wildman–Crippen LogP) is 3.21. The first kappa shape index (κ1) is 19.6. The van der Waals surface area contributed by atoms with Gasteiger partial charge in [0, 0.05) is 12.5 Å². The molecular formula is C17H17F3O6. The van der Waals surface area contributed by atoms with Gasteiger partial charge in [-0.2, -0.15) is 13.2 Å². The van der Waals surface area contributed by atoms with Crippen molar-refractivity contribution in [2.75, 3.05) is 7.11 Å². The third-order valence-electron chi connectivity index (χ3n) is 3.36. The first-order chi connectivity index (χ1) is 12.0. The maximum atomic E-state index is 13.4. The fraction of sp³-hybridized carbons (Fsp3) is 0.412. The topological polar surface area (TPSA) is 71.1 Å². The van der Waals surface area contributed by atoms with Crippen molar-refractivity contribution in [3.8, 4) is 5.75 Å². The van der Waals surface area contributed by atoms with Crippen molar-refractivity contribution in [3.05, 3.63) is 41.2 Å². The maximum absolute atomic E-state index is 13.4. The number of methoxy groups -OCH3 is 1. The number of rotatable bonds is 5. The Bertz CT molecular complexity index is 736. The molecule has 0 aliphatic carbocycles. The highest BCUT2D eigenvalue weighted by molar-refractivity contribution is 5.94. The van der Waals surface area contributed by atoms with Crippen LogP contribution in [0.25, 0.3) is 0 Å². The van der Waals surface area contributed by atoms with Gasteiger partial charge in [-0.1, -0.05) is 0 Å². The van der Waals surface area contributed by atoms with Gasteiger partial charge < -0.3 is 18.9 Å². The summed E-state index contributed by atoms with van der Waals surface area (Å²) in [5.41, 5.74) is -1.68. The van der Waals surface area contributed by atoms with Crippen LogP contribution in [0.3, 0.4) is 0 Å². The van der Waals surface area contributed by atoms with Gasteiger partial charge in [-0.15, -0.1) is 0 Å². The molecular weight excluding hydrogens is 357 g/mol. The largest absolute Gasteiger partial charge is 0.497 e. The minimum atomic E-state index is -5.06. The van der Waals surface area contributed by atoms with Gasteiger partial charge in [0.25, 0.3) is 0 Å². The first-order valence-electron chi connectivity index (χ1n) is 7.57. The molecule has 1 aromatic rings. The van der Waals surface area contributed by atoms with E-state index in [-0.39, 0.29) is 5.56 Å². The number of benzene rings is 1. The zero-order valence-electron chi connectivity index (χ0n) is 14.5. The lowest BCUT2D eigenvalue weighted by atomic mass is 10.0. The van der Waals surface area contributed by atoms with Gasteiger partial charge in [0.1, 0.15) is 5.75 Å². The molecule has 6 nitrogen and oxygen atoms in total. The fourth-order valence-corrected chi connectivity index (χ4v) is 2.43. The van der Waals surface area contributed by atoms with Crippen LogP contribution >= 0.6 is 0 Å². The molecule has 0 saturated carbocycles. The third-order valence-corrected chi connectivity index (χ3v) is 3.36. The number of cyclic esters (lactones) is 1. The highest BCUT2D eigenvalue weighted by Gasteiger charge is 2.61. The standard InChI is InChI=1S/C17H17F3O6/c1-9(2)24-14-13(17(18,19)20)15(22)26-16(14,25-10(3)21)11-5-7-12(23-4)8-6-11/h5-9H,1-4H3. The molecule has 142 valence electrons. The van der Waals surface area contributed by atoms with Crippen LogP contribution in [0, 0.1) is 0 Å². The van der Waals surface area contributed by atoms with Crippen LogP contribution in [0.5, 0.6) is 5.75 Å². The monoisotopic (exact) mass is 374 g/mol. The van der Waals surface area contributed by atoms with Gasteiger partial charge >= 0.3 is 23.9 Å². The number of hydrogen-bond donors (Lipinski definition) is 0. The average Bonchev–Trinajstić information content (AvgIpc) is 2.78. The molecule has 0 radical (unpaired) electrons. The zero-order chi connectivity index (χ0) is 19.7. The van der Waals surface area contributed by atoms with Gasteiger partial charge in [0.2, 0.25) is 5.76 Å². The minimum absolute atomic E-state index is 0.0308. The van der Waals surface area contributed by atoms with Crippen molar-refractivity contribution in [2.24, 2.45) is 0 Å². The molecule has 0 fully saturated rings. The Hall–Kier alpha value is -2.71. The summed E-state index contributed by atoms with van der Waals surface area (Å²) < 4.78 is 60.5. The van der Waals surface area contributed by atoms with Crippen LogP contribution < -0.4 is 4.74 Å². The van der Waals surface area contributed by atoms with Gasteiger partial charge in [-0.3, -0.25) is 4.79 Å². The minimum Gasteiger partial charge on any atom is -0.497 e. The summed E-state index contributed by atoms with van der Waals surface area (Å²) in [5, 5.41) is 0. The van der Waals surface area contributed by atoms with Crippen molar-refractivity contribution in [1.29, 1.82) is 0 Å². The van der Waals surface area contributed by atoms with E-state index >= 15 is 0 Å². The molecule has 26 heavy (non-hydrogen) atoms. The highest BCUT2D eigenvalue weighted by atomic mass is 19.4. The molecule has 1 atom stereocenters. The molecule has 1 aliphatic heterocycles. The number of halogens is 3. The molecule has 0 N–H and O–H groups in total. The Morgan fingerprint density at radius 1 is 1.19 bits per heavy atom. The lowest BCUT2D eigenvalue weighted by Gasteiger charge is -2.30. The van der Waals surface area contributed by atoms with Crippen molar-refractivity contribution in [1.82, 2.24) is 0 Å². The second-order valence-electron chi connectivity index (χ2n) is 5.70. The summed E-state index contributed by atoms with van der Waals surface area (Å²) in [4.78, 5) is 23.6. The normalized spacial score (nSPS) is 20.2. The van der Waals surface area contributed by atoms with E-state index in [1.54, 1.807) is 0 Å².